The van der Waals surface area contributed by atoms with Crippen LogP contribution in [0.2, 0.25) is 5.02 Å². The Kier molecular flexibility index (Phi) is 4.78. The Labute approximate surface area is 170 Å². The van der Waals surface area contributed by atoms with Crippen molar-refractivity contribution in [1.29, 1.82) is 0 Å². The van der Waals surface area contributed by atoms with Gasteiger partial charge in [0.2, 0.25) is 0 Å². The smallest absolute Gasteiger partial charge is 0.184 e. The van der Waals surface area contributed by atoms with E-state index in [4.69, 9.17) is 21.6 Å². The molecule has 1 aliphatic heterocycles. The average Bonchev–Trinajstić information content (AvgIpc) is 3.19. The summed E-state index contributed by atoms with van der Waals surface area (Å²) >= 11 is 6.37. The van der Waals surface area contributed by atoms with Crippen LogP contribution in [0.15, 0.2) is 24.3 Å². The standard InChI is InChI=1S/C21H27ClN6/c1-13-10-11-14(2)28(13)19-17-18(23-20(24-19)21(3,4)5)27(26-25-17)12-15-8-6-7-9-16(15)22/h6-9,13-14H,10-12H2,1-5H3. The first-order valence-corrected chi connectivity index (χ1v) is 10.3. The molecule has 0 amide bonds. The monoisotopic (exact) mass is 398 g/mol. The van der Waals surface area contributed by atoms with Crippen molar-refractivity contribution in [3.63, 3.8) is 0 Å². The molecule has 7 heteroatoms. The summed E-state index contributed by atoms with van der Waals surface area (Å²) in [6, 6.07) is 8.66. The molecule has 4 rings (SSSR count). The molecule has 28 heavy (non-hydrogen) atoms. The molecule has 1 saturated heterocycles. The Bertz CT molecular complexity index is 996. The van der Waals surface area contributed by atoms with Crippen LogP contribution in [0.1, 0.15) is 58.8 Å². The van der Waals surface area contributed by atoms with Gasteiger partial charge in [-0.15, -0.1) is 5.10 Å². The lowest BCUT2D eigenvalue weighted by Crippen LogP contribution is -2.34. The van der Waals surface area contributed by atoms with Gasteiger partial charge in [-0.05, 0) is 38.3 Å². The summed E-state index contributed by atoms with van der Waals surface area (Å²) in [5.74, 6) is 1.71. The number of halogens is 1. The molecule has 0 saturated carbocycles. The number of aromatic nitrogens is 5. The molecule has 1 fully saturated rings. The van der Waals surface area contributed by atoms with Gasteiger partial charge in [-0.3, -0.25) is 0 Å². The highest BCUT2D eigenvalue weighted by molar-refractivity contribution is 6.31. The molecule has 3 aromatic rings. The zero-order chi connectivity index (χ0) is 20.1. The maximum absolute atomic E-state index is 6.37. The van der Waals surface area contributed by atoms with Crippen molar-refractivity contribution < 1.29 is 0 Å². The molecule has 6 nitrogen and oxygen atoms in total. The minimum atomic E-state index is -0.172. The predicted octanol–water partition coefficient (Wildman–Crippen LogP) is 4.60. The topological polar surface area (TPSA) is 59.7 Å². The fourth-order valence-electron chi connectivity index (χ4n) is 3.86. The maximum atomic E-state index is 6.37. The Balaban J connectivity index is 1.88. The van der Waals surface area contributed by atoms with E-state index in [1.165, 1.54) is 0 Å². The lowest BCUT2D eigenvalue weighted by molar-refractivity contribution is 0.542. The van der Waals surface area contributed by atoms with Crippen molar-refractivity contribution in [3.8, 4) is 0 Å². The first-order chi connectivity index (χ1) is 13.3. The molecule has 0 aliphatic carbocycles. The molecule has 2 aromatic heterocycles. The molecule has 148 valence electrons. The third kappa shape index (κ3) is 3.34. The van der Waals surface area contributed by atoms with Gasteiger partial charge >= 0.3 is 0 Å². The predicted molar refractivity (Wildman–Crippen MR) is 113 cm³/mol. The van der Waals surface area contributed by atoms with Crippen LogP contribution in [0.25, 0.3) is 11.2 Å². The van der Waals surface area contributed by atoms with E-state index < -0.39 is 0 Å². The number of hydrogen-bond acceptors (Lipinski definition) is 5. The molecule has 0 N–H and O–H groups in total. The zero-order valence-corrected chi connectivity index (χ0v) is 17.9. The summed E-state index contributed by atoms with van der Waals surface area (Å²) in [6.45, 7) is 11.4. The molecule has 2 unspecified atom stereocenters. The maximum Gasteiger partial charge on any atom is 0.184 e. The molecule has 0 spiro atoms. The van der Waals surface area contributed by atoms with Crippen molar-refractivity contribution in [2.24, 2.45) is 0 Å². The number of fused-ring (bicyclic) bond motifs is 1. The summed E-state index contributed by atoms with van der Waals surface area (Å²) in [7, 11) is 0. The molecular weight excluding hydrogens is 372 g/mol. The third-order valence-electron chi connectivity index (χ3n) is 5.49. The fraction of sp³-hybridized carbons (Fsp3) is 0.524. The van der Waals surface area contributed by atoms with Crippen molar-refractivity contribution in [1.82, 2.24) is 25.0 Å². The minimum absolute atomic E-state index is 0.172. The van der Waals surface area contributed by atoms with Crippen LogP contribution in [0.3, 0.4) is 0 Å². The number of nitrogens with zero attached hydrogens (tertiary/aromatic N) is 6. The van der Waals surface area contributed by atoms with Gasteiger partial charge in [-0.2, -0.15) is 0 Å². The van der Waals surface area contributed by atoms with Gasteiger partial charge < -0.3 is 4.90 Å². The quantitative estimate of drug-likeness (QED) is 0.645. The fourth-order valence-corrected chi connectivity index (χ4v) is 4.06. The first-order valence-electron chi connectivity index (χ1n) is 9.89. The Morgan fingerprint density at radius 2 is 1.75 bits per heavy atom. The highest BCUT2D eigenvalue weighted by atomic mass is 35.5. The molecule has 1 aromatic carbocycles. The lowest BCUT2D eigenvalue weighted by atomic mass is 9.95. The van der Waals surface area contributed by atoms with Crippen LogP contribution < -0.4 is 4.90 Å². The van der Waals surface area contributed by atoms with Gasteiger partial charge in [-0.25, -0.2) is 14.6 Å². The largest absolute Gasteiger partial charge is 0.349 e. The van der Waals surface area contributed by atoms with Gasteiger partial charge in [0.15, 0.2) is 17.0 Å². The van der Waals surface area contributed by atoms with Crippen LogP contribution in [-0.4, -0.2) is 37.0 Å². The SMILES string of the molecule is CC1CCC(C)N1c1nc(C(C)(C)C)nc2c1nnn2Cc1ccccc1Cl. The van der Waals surface area contributed by atoms with Crippen LogP contribution in [0, 0.1) is 0 Å². The van der Waals surface area contributed by atoms with E-state index in [1.54, 1.807) is 0 Å². The molecule has 0 radical (unpaired) electrons. The van der Waals surface area contributed by atoms with Crippen LogP contribution in [0.5, 0.6) is 0 Å². The summed E-state index contributed by atoms with van der Waals surface area (Å²) in [5.41, 5.74) is 2.35. The van der Waals surface area contributed by atoms with Crippen molar-refractivity contribution in [2.45, 2.75) is 71.5 Å². The van der Waals surface area contributed by atoms with Crippen molar-refractivity contribution in [3.05, 3.63) is 40.7 Å². The number of anilines is 1. The van der Waals surface area contributed by atoms with E-state index >= 15 is 0 Å². The summed E-state index contributed by atoms with van der Waals surface area (Å²) in [4.78, 5) is 12.2. The van der Waals surface area contributed by atoms with Crippen LogP contribution in [-0.2, 0) is 12.0 Å². The number of rotatable bonds is 3. The molecule has 0 bridgehead atoms. The third-order valence-corrected chi connectivity index (χ3v) is 5.86. The molecular formula is C21H27ClN6. The summed E-state index contributed by atoms with van der Waals surface area (Å²) in [6.07, 6.45) is 2.32. The highest BCUT2D eigenvalue weighted by Gasteiger charge is 2.33. The Morgan fingerprint density at radius 1 is 1.07 bits per heavy atom. The van der Waals surface area contributed by atoms with E-state index in [0.29, 0.717) is 18.6 Å². The molecule has 2 atom stereocenters. The summed E-state index contributed by atoms with van der Waals surface area (Å²) < 4.78 is 1.84. The van der Waals surface area contributed by atoms with E-state index in [2.05, 4.69) is 49.8 Å². The summed E-state index contributed by atoms with van der Waals surface area (Å²) in [5, 5.41) is 9.62. The van der Waals surface area contributed by atoms with Gasteiger partial charge in [0.1, 0.15) is 5.82 Å². The van der Waals surface area contributed by atoms with E-state index in [-0.39, 0.29) is 5.41 Å². The van der Waals surface area contributed by atoms with Gasteiger partial charge in [-0.1, -0.05) is 55.8 Å². The molecule has 3 heterocycles. The van der Waals surface area contributed by atoms with E-state index in [0.717, 1.165) is 46.2 Å². The molecule has 1 aliphatic rings. The second-order valence-electron chi connectivity index (χ2n) is 8.81. The highest BCUT2D eigenvalue weighted by Crippen LogP contribution is 2.34. The normalized spacial score (nSPS) is 20.3. The second kappa shape index (κ2) is 6.99. The van der Waals surface area contributed by atoms with E-state index in [1.807, 2.05) is 28.9 Å². The first kappa shape index (κ1) is 19.1. The average molecular weight is 399 g/mol. The Morgan fingerprint density at radius 3 is 2.39 bits per heavy atom. The minimum Gasteiger partial charge on any atom is -0.349 e. The van der Waals surface area contributed by atoms with Crippen molar-refractivity contribution in [2.75, 3.05) is 4.90 Å². The number of benzene rings is 1. The van der Waals surface area contributed by atoms with E-state index in [9.17, 15) is 0 Å². The van der Waals surface area contributed by atoms with Crippen LogP contribution >= 0.6 is 11.6 Å². The second-order valence-corrected chi connectivity index (χ2v) is 9.22. The number of hydrogen-bond donors (Lipinski definition) is 0. The van der Waals surface area contributed by atoms with Crippen LogP contribution in [0.4, 0.5) is 5.82 Å². The van der Waals surface area contributed by atoms with Gasteiger partial charge in [0, 0.05) is 22.5 Å². The zero-order valence-electron chi connectivity index (χ0n) is 17.1. The van der Waals surface area contributed by atoms with Crippen molar-refractivity contribution >= 4 is 28.6 Å². The lowest BCUT2D eigenvalue weighted by Gasteiger charge is -2.29. The Hall–Kier alpha value is -2.21. The van der Waals surface area contributed by atoms with Gasteiger partial charge in [0.25, 0.3) is 0 Å². The van der Waals surface area contributed by atoms with Gasteiger partial charge in [0.05, 0.1) is 6.54 Å².